The van der Waals surface area contributed by atoms with Gasteiger partial charge in [-0.1, -0.05) is 218 Å². The van der Waals surface area contributed by atoms with Crippen molar-refractivity contribution in [3.63, 3.8) is 0 Å². The van der Waals surface area contributed by atoms with Gasteiger partial charge < -0.3 is 11.4 Å². The topological polar surface area (TPSA) is 119 Å². The molecule has 0 aliphatic heterocycles. The summed E-state index contributed by atoms with van der Waals surface area (Å²) in [5.74, 6) is 1.27. The molecule has 10 nitrogen and oxygen atoms in total. The van der Waals surface area contributed by atoms with E-state index in [0.717, 1.165) is 110 Å². The third kappa shape index (κ3) is 9.23. The van der Waals surface area contributed by atoms with Gasteiger partial charge in [0.25, 0.3) is 0 Å². The van der Waals surface area contributed by atoms with Gasteiger partial charge in [-0.25, -0.2) is 29.9 Å². The van der Waals surface area contributed by atoms with Gasteiger partial charge in [0, 0.05) is 98.0 Å². The number of aromatic amines is 2. The maximum atomic E-state index is 5.95. The number of para-hydroxylation sites is 7. The van der Waals surface area contributed by atoms with E-state index in [0.29, 0.717) is 11.9 Å². The number of nitrogens with zero attached hydrogens (tertiary/aromatic N) is 8. The van der Waals surface area contributed by atoms with Crippen LogP contribution in [-0.4, -0.2) is 49.0 Å². The second-order valence-corrected chi connectivity index (χ2v) is 22.4. The van der Waals surface area contributed by atoms with Crippen molar-refractivity contribution in [2.45, 2.75) is 0 Å². The summed E-state index contributed by atoms with van der Waals surface area (Å²) in [5.41, 5.74) is 17.5. The van der Waals surface area contributed by atoms with Crippen LogP contribution in [0.4, 0.5) is 0 Å². The Morgan fingerprint density at radius 2 is 0.578 bits per heavy atom. The van der Waals surface area contributed by atoms with Gasteiger partial charge in [-0.15, -0.1) is 0 Å². The number of fused-ring (bicyclic) bond motifs is 17. The second-order valence-electron chi connectivity index (χ2n) is 22.0. The zero-order valence-electron chi connectivity index (χ0n) is 49.6. The van der Waals surface area contributed by atoms with Crippen LogP contribution in [-0.2, 0) is 0 Å². The van der Waals surface area contributed by atoms with Gasteiger partial charge in [-0.05, 0) is 78.3 Å². The fourth-order valence-corrected chi connectivity index (χ4v) is 13.2. The first-order chi connectivity index (χ1) is 44.1. The van der Waals surface area contributed by atoms with Crippen LogP contribution in [0.1, 0.15) is 1.43 Å². The van der Waals surface area contributed by atoms with Crippen LogP contribution in [0.15, 0.2) is 285 Å². The number of rotatable bonds is 5. The first kappa shape index (κ1) is 54.5. The largest absolute Gasteiger partial charge is 1.00 e. The molecule has 12 aromatic carbocycles. The molecule has 0 aliphatic rings. The fraction of sp³-hybridized carbons (Fsp3) is 0. The summed E-state index contributed by atoms with van der Waals surface area (Å²) in [6, 6.07) is 98.0. The minimum atomic E-state index is 0. The molecular formula is C78H50ClN10Na. The molecule has 0 amide bonds. The number of hydrogen-bond acceptors (Lipinski definition) is 6. The molecule has 7 heterocycles. The van der Waals surface area contributed by atoms with Crippen molar-refractivity contribution in [1.82, 2.24) is 49.0 Å². The molecule has 7 aromatic heterocycles. The quantitative estimate of drug-likeness (QED) is 0.131. The van der Waals surface area contributed by atoms with Crippen LogP contribution in [0, 0.1) is 0 Å². The summed E-state index contributed by atoms with van der Waals surface area (Å²) >= 11 is 5.95. The van der Waals surface area contributed by atoms with Crippen LogP contribution in [0.3, 0.4) is 0 Å². The average Bonchev–Trinajstić information content (AvgIpc) is 1.56. The number of aromatic nitrogens is 10. The van der Waals surface area contributed by atoms with Gasteiger partial charge in [0.1, 0.15) is 0 Å². The molecule has 0 atom stereocenters. The van der Waals surface area contributed by atoms with Crippen molar-refractivity contribution in [1.29, 1.82) is 0 Å². The predicted octanol–water partition coefficient (Wildman–Crippen LogP) is 17.1. The number of nitrogens with one attached hydrogen (secondary N) is 2. The summed E-state index contributed by atoms with van der Waals surface area (Å²) in [7, 11) is 0. The van der Waals surface area contributed by atoms with Crippen molar-refractivity contribution in [3.8, 4) is 45.7 Å². The third-order valence-corrected chi connectivity index (χ3v) is 17.1. The monoisotopic (exact) mass is 1180 g/mol. The van der Waals surface area contributed by atoms with Gasteiger partial charge in [0.15, 0.2) is 0 Å². The molecular weight excluding hydrogens is 1140 g/mol. The Bertz CT molecular complexity index is 5660. The van der Waals surface area contributed by atoms with Crippen molar-refractivity contribution in [2.75, 3.05) is 0 Å². The summed E-state index contributed by atoms with van der Waals surface area (Å²) in [6.45, 7) is 0. The molecule has 0 aliphatic carbocycles. The van der Waals surface area contributed by atoms with E-state index in [4.69, 9.17) is 31.5 Å². The Labute approximate surface area is 543 Å². The van der Waals surface area contributed by atoms with Crippen molar-refractivity contribution >= 4 is 132 Å². The Morgan fingerprint density at radius 3 is 0.989 bits per heavy atom. The molecule has 0 fully saturated rings. The van der Waals surface area contributed by atoms with Gasteiger partial charge in [-0.3, -0.25) is 9.13 Å². The Balaban J connectivity index is 0.000000143. The standard InChI is InChI=1S/C46H28N6.C18H12N2.C14H9ClN2.Na.H/c1-3-15-29(16-4-1)43-31-19-7-11-23-35(31)47-45(49-43)51-37-25-13-9-21-33(37)41-39(51)27-28-40-42(41)34-22-10-14-26-38(34)52(40)46-48-36-24-12-8-20-32(36)44(50-46)30-17-5-2-6-18-30;1-3-7-13-11(5-1)17-15(19-13)9-10-16-18(17)12-6-2-4-8-14(12)20-16;15-14-16-12-9-5-4-8-11(12)13(17-14)10-6-2-1-3-7-10;;/h1-28H;1-10,19-20H;1-9H;;/q;;;+1;-1. The number of H-pyrrole nitrogens is 2. The van der Waals surface area contributed by atoms with Gasteiger partial charge in [-0.2, -0.15) is 0 Å². The minimum absolute atomic E-state index is 0. The van der Waals surface area contributed by atoms with E-state index >= 15 is 0 Å². The van der Waals surface area contributed by atoms with Crippen LogP contribution in [0.2, 0.25) is 5.28 Å². The SMILES string of the molecule is Clc1nc(-c2ccccc2)c2ccccc2n1.[H-].[Na+].c1ccc(-c2nc(-n3c4ccccc4c4c5c6ccccc6n(-c6nc(-c7ccccc7)c7ccccc7n6)c5ccc43)nc3ccccc23)cc1.c1ccc2c(c1)[nH]c1ccc3[nH]c4ccccc4c3c12. The molecule has 0 unspecified atom stereocenters. The first-order valence-corrected chi connectivity index (χ1v) is 29.9. The molecule has 0 saturated carbocycles. The van der Waals surface area contributed by atoms with E-state index in [-0.39, 0.29) is 36.3 Å². The van der Waals surface area contributed by atoms with E-state index in [1.54, 1.807) is 0 Å². The second kappa shape index (κ2) is 22.7. The first-order valence-electron chi connectivity index (χ1n) is 29.6. The number of halogens is 1. The van der Waals surface area contributed by atoms with Crippen LogP contribution < -0.4 is 29.6 Å². The molecule has 0 radical (unpaired) electrons. The molecule has 12 heteroatoms. The molecule has 19 rings (SSSR count). The molecule has 420 valence electrons. The zero-order valence-corrected chi connectivity index (χ0v) is 51.3. The summed E-state index contributed by atoms with van der Waals surface area (Å²) < 4.78 is 4.43. The van der Waals surface area contributed by atoms with E-state index in [1.807, 2.05) is 91.0 Å². The van der Waals surface area contributed by atoms with Crippen LogP contribution in [0.25, 0.3) is 166 Å². The fourth-order valence-electron chi connectivity index (χ4n) is 13.1. The smallest absolute Gasteiger partial charge is 1.00 e. The zero-order chi connectivity index (χ0) is 58.9. The van der Waals surface area contributed by atoms with Crippen LogP contribution >= 0.6 is 11.6 Å². The average molecular weight is 1190 g/mol. The van der Waals surface area contributed by atoms with Crippen molar-refractivity contribution in [2.24, 2.45) is 0 Å². The van der Waals surface area contributed by atoms with E-state index in [9.17, 15) is 0 Å². The minimum Gasteiger partial charge on any atom is -1.00 e. The van der Waals surface area contributed by atoms with Crippen molar-refractivity contribution < 1.29 is 31.0 Å². The Morgan fingerprint density at radius 1 is 0.256 bits per heavy atom. The van der Waals surface area contributed by atoms with Gasteiger partial charge in [0.2, 0.25) is 17.2 Å². The molecule has 2 N–H and O–H groups in total. The summed E-state index contributed by atoms with van der Waals surface area (Å²) in [5, 5.41) is 13.1. The van der Waals surface area contributed by atoms with E-state index in [1.165, 1.54) is 43.6 Å². The molecule has 0 bridgehead atoms. The number of hydrogen-bond donors (Lipinski definition) is 2. The maximum Gasteiger partial charge on any atom is 1.00 e. The normalized spacial score (nSPS) is 11.5. The van der Waals surface area contributed by atoms with Gasteiger partial charge >= 0.3 is 29.6 Å². The Hall–Kier alpha value is -10.9. The Kier molecular flexibility index (Phi) is 13.8. The van der Waals surface area contributed by atoms with Crippen molar-refractivity contribution in [3.05, 3.63) is 290 Å². The van der Waals surface area contributed by atoms with E-state index in [2.05, 4.69) is 223 Å². The van der Waals surface area contributed by atoms with Gasteiger partial charge in [0.05, 0.1) is 55.7 Å². The molecule has 19 aromatic rings. The molecule has 90 heavy (non-hydrogen) atoms. The predicted molar refractivity (Wildman–Crippen MR) is 368 cm³/mol. The third-order valence-electron chi connectivity index (χ3n) is 16.9. The number of benzene rings is 12. The maximum absolute atomic E-state index is 5.95. The molecule has 0 spiro atoms. The van der Waals surface area contributed by atoms with Crippen LogP contribution in [0.5, 0.6) is 0 Å². The summed E-state index contributed by atoms with van der Waals surface area (Å²) in [4.78, 5) is 36.6. The summed E-state index contributed by atoms with van der Waals surface area (Å²) in [6.07, 6.45) is 0. The van der Waals surface area contributed by atoms with E-state index < -0.39 is 0 Å². The molecule has 0 saturated heterocycles.